The van der Waals surface area contributed by atoms with Gasteiger partial charge >= 0.3 is 24.5 Å². The van der Waals surface area contributed by atoms with Gasteiger partial charge in [0.2, 0.25) is 5.91 Å². The minimum atomic E-state index is -5.07. The lowest BCUT2D eigenvalue weighted by Gasteiger charge is -2.52. The second-order valence-electron chi connectivity index (χ2n) is 11.6. The molecule has 1 heterocycles. The lowest BCUT2D eigenvalue weighted by Crippen LogP contribution is -2.72. The van der Waals surface area contributed by atoms with E-state index in [2.05, 4.69) is 10.6 Å². The predicted molar refractivity (Wildman–Crippen MR) is 164 cm³/mol. The van der Waals surface area contributed by atoms with Crippen LogP contribution in [0, 0.1) is 0 Å². The molecule has 3 aromatic carbocycles. The van der Waals surface area contributed by atoms with Gasteiger partial charge in [-0.15, -0.1) is 0 Å². The van der Waals surface area contributed by atoms with Gasteiger partial charge in [0.05, 0.1) is 35.9 Å². The topological polar surface area (TPSA) is 135 Å². The third-order valence-corrected chi connectivity index (χ3v) is 8.44. The second-order valence-corrected chi connectivity index (χ2v) is 11.6. The molecule has 1 unspecified atom stereocenters. The highest BCUT2D eigenvalue weighted by atomic mass is 19.4. The normalized spacial score (nSPS) is 20.2. The van der Waals surface area contributed by atoms with E-state index in [0.29, 0.717) is 23.3 Å². The van der Waals surface area contributed by atoms with Gasteiger partial charge < -0.3 is 20.1 Å². The highest BCUT2D eigenvalue weighted by molar-refractivity contribution is 5.92. The average Bonchev–Trinajstić information content (AvgIpc) is 3.09. The van der Waals surface area contributed by atoms with Crippen molar-refractivity contribution in [2.24, 2.45) is 5.84 Å². The van der Waals surface area contributed by atoms with E-state index in [0.717, 1.165) is 0 Å². The fourth-order valence-corrected chi connectivity index (χ4v) is 5.78. The minimum absolute atomic E-state index is 0.0240. The van der Waals surface area contributed by atoms with Crippen molar-refractivity contribution < 1.29 is 50.2 Å². The minimum Gasteiger partial charge on any atom is -0.445 e. The van der Waals surface area contributed by atoms with Crippen LogP contribution in [0.1, 0.15) is 53.7 Å². The maximum Gasteiger partial charge on any atom is 0.416 e. The third-order valence-electron chi connectivity index (χ3n) is 8.44. The second kappa shape index (κ2) is 14.7. The predicted octanol–water partition coefficient (Wildman–Crippen LogP) is 5.79. The molecule has 1 aliphatic rings. The third kappa shape index (κ3) is 8.43. The summed E-state index contributed by atoms with van der Waals surface area (Å²) in [4.78, 5) is 41.0. The molecule has 1 fully saturated rings. The van der Waals surface area contributed by atoms with E-state index in [9.17, 15) is 40.7 Å². The van der Waals surface area contributed by atoms with Gasteiger partial charge in [-0.2, -0.15) is 26.3 Å². The Labute approximate surface area is 277 Å². The molecule has 0 bridgehead atoms. The first-order valence-electron chi connectivity index (χ1n) is 15.0. The fourth-order valence-electron chi connectivity index (χ4n) is 5.78. The van der Waals surface area contributed by atoms with E-state index in [1.54, 1.807) is 60.7 Å². The van der Waals surface area contributed by atoms with Crippen LogP contribution in [0.15, 0.2) is 78.9 Å². The number of carbonyl (C=O) groups excluding carboxylic acids is 3. The number of hydrazine groups is 1. The number of rotatable bonds is 9. The van der Waals surface area contributed by atoms with E-state index < -0.39 is 77.4 Å². The van der Waals surface area contributed by atoms with Gasteiger partial charge in [-0.1, -0.05) is 60.7 Å². The molecule has 16 heteroatoms. The average molecular weight is 696 g/mol. The summed E-state index contributed by atoms with van der Waals surface area (Å²) in [5.41, 5.74) is -3.65. The molecule has 10 nitrogen and oxygen atoms in total. The molecule has 0 aromatic heterocycles. The first-order valence-corrected chi connectivity index (χ1v) is 15.0. The van der Waals surface area contributed by atoms with Crippen molar-refractivity contribution in [2.45, 2.75) is 55.9 Å². The van der Waals surface area contributed by atoms with Gasteiger partial charge in [-0.25, -0.2) is 15.4 Å². The molecule has 5 N–H and O–H groups in total. The quantitative estimate of drug-likeness (QED) is 0.0970. The Bertz CT molecular complexity index is 1590. The summed E-state index contributed by atoms with van der Waals surface area (Å²) in [7, 11) is 1.33. The Morgan fingerprint density at radius 1 is 0.898 bits per heavy atom. The number of amides is 4. The molecule has 3 atom stereocenters. The molecular weight excluding hydrogens is 660 g/mol. The van der Waals surface area contributed by atoms with Crippen LogP contribution in [0.2, 0.25) is 0 Å². The monoisotopic (exact) mass is 695 g/mol. The van der Waals surface area contributed by atoms with Crippen molar-refractivity contribution in [1.82, 2.24) is 21.0 Å². The number of urea groups is 1. The van der Waals surface area contributed by atoms with Crippen molar-refractivity contribution >= 4 is 18.0 Å². The smallest absolute Gasteiger partial charge is 0.416 e. The van der Waals surface area contributed by atoms with Crippen LogP contribution in [-0.4, -0.2) is 48.7 Å². The molecule has 1 saturated heterocycles. The van der Waals surface area contributed by atoms with Crippen molar-refractivity contribution in [3.05, 3.63) is 107 Å². The lowest BCUT2D eigenvalue weighted by atomic mass is 9.74. The number of likely N-dealkylation sites (tertiary alicyclic amines) is 1. The van der Waals surface area contributed by atoms with Crippen LogP contribution in [0.5, 0.6) is 0 Å². The number of nitrogens with one attached hydrogen (secondary N) is 3. The Balaban J connectivity index is 1.79. The summed E-state index contributed by atoms with van der Waals surface area (Å²) in [6.07, 6.45) is -12.6. The number of alkyl halides is 6. The molecule has 0 aliphatic carbocycles. The number of halogens is 6. The zero-order valence-electron chi connectivity index (χ0n) is 26.5. The SMILES string of the molecule is CNC(=O)C1(NC(=O)NN)CC[C@@](CO[C@H](C)c2cc(C(F)(F)F)cc(C(F)(F)F)c2)(c2ccccc2)N(C(=O)OCc2ccccc2)C1. The van der Waals surface area contributed by atoms with Gasteiger partial charge in [0.25, 0.3) is 0 Å². The highest BCUT2D eigenvalue weighted by Crippen LogP contribution is 2.44. The van der Waals surface area contributed by atoms with Crippen molar-refractivity contribution in [1.29, 1.82) is 0 Å². The Hall–Kier alpha value is -4.83. The summed E-state index contributed by atoms with van der Waals surface area (Å²) in [6.45, 7) is 0.162. The number of benzene rings is 3. The maximum absolute atomic E-state index is 14.1. The van der Waals surface area contributed by atoms with Gasteiger partial charge in [-0.05, 0) is 54.7 Å². The molecule has 0 radical (unpaired) electrons. The summed E-state index contributed by atoms with van der Waals surface area (Å²) in [6, 6.07) is 17.3. The van der Waals surface area contributed by atoms with E-state index in [-0.39, 0.29) is 25.5 Å². The van der Waals surface area contributed by atoms with Crippen LogP contribution in [0.25, 0.3) is 0 Å². The highest BCUT2D eigenvalue weighted by Gasteiger charge is 2.55. The summed E-state index contributed by atoms with van der Waals surface area (Å²) >= 11 is 0. The number of nitrogens with two attached hydrogens (primary N) is 1. The van der Waals surface area contributed by atoms with Crippen LogP contribution >= 0.6 is 0 Å². The van der Waals surface area contributed by atoms with Crippen LogP contribution in [0.3, 0.4) is 0 Å². The van der Waals surface area contributed by atoms with E-state index in [4.69, 9.17) is 15.3 Å². The van der Waals surface area contributed by atoms with Crippen molar-refractivity contribution in [3.8, 4) is 0 Å². The molecular formula is C33H35F6N5O5. The molecule has 0 saturated carbocycles. The number of carbonyl (C=O) groups is 3. The lowest BCUT2D eigenvalue weighted by molar-refractivity contribution is -0.143. The zero-order chi connectivity index (χ0) is 36.0. The summed E-state index contributed by atoms with van der Waals surface area (Å²) < 4.78 is 93.5. The first-order chi connectivity index (χ1) is 23.0. The number of piperidine rings is 1. The Morgan fingerprint density at radius 2 is 1.47 bits per heavy atom. The molecule has 4 rings (SSSR count). The number of hydrogen-bond acceptors (Lipinski definition) is 6. The fraction of sp³-hybridized carbons (Fsp3) is 0.364. The number of hydrogen-bond donors (Lipinski definition) is 4. The van der Waals surface area contributed by atoms with Gasteiger partial charge in [0.15, 0.2) is 0 Å². The largest absolute Gasteiger partial charge is 0.445 e. The molecule has 1 aliphatic heterocycles. The van der Waals surface area contributed by atoms with Crippen LogP contribution in [-0.2, 0) is 38.8 Å². The van der Waals surface area contributed by atoms with E-state index in [1.165, 1.54) is 18.9 Å². The van der Waals surface area contributed by atoms with E-state index in [1.807, 2.05) is 5.43 Å². The van der Waals surface area contributed by atoms with Crippen molar-refractivity contribution in [2.75, 3.05) is 20.2 Å². The number of likely N-dealkylation sites (N-methyl/N-ethyl adjacent to an activating group) is 1. The molecule has 0 spiro atoms. The maximum atomic E-state index is 14.1. The number of ether oxygens (including phenoxy) is 2. The van der Waals surface area contributed by atoms with Gasteiger partial charge in [-0.3, -0.25) is 15.1 Å². The van der Waals surface area contributed by atoms with Crippen LogP contribution in [0.4, 0.5) is 35.9 Å². The van der Waals surface area contributed by atoms with Gasteiger partial charge in [0, 0.05) is 7.05 Å². The Morgan fingerprint density at radius 3 is 2.00 bits per heavy atom. The molecule has 264 valence electrons. The Kier molecular flexibility index (Phi) is 11.1. The number of nitrogens with zero attached hydrogens (tertiary/aromatic N) is 1. The summed E-state index contributed by atoms with van der Waals surface area (Å²) in [5, 5.41) is 5.00. The van der Waals surface area contributed by atoms with Crippen LogP contribution < -0.4 is 21.9 Å². The molecule has 4 amide bonds. The van der Waals surface area contributed by atoms with E-state index >= 15 is 0 Å². The zero-order valence-corrected chi connectivity index (χ0v) is 26.5. The standard InChI is InChI=1S/C33H35F6N5O5/c1-21(23-15-25(32(34,35)36)17-26(16-23)33(37,38)39)49-20-31(24-11-7-4-8-12-24)14-13-30(27(45)41-2,42-28(46)43-40)19-44(31)29(47)48-18-22-9-5-3-6-10-22/h3-12,15-17,21H,13-14,18-20,40H2,1-2H3,(H,41,45)(H2,42,43,46)/t21-,30?,31-/m1/s1. The summed E-state index contributed by atoms with van der Waals surface area (Å²) in [5.74, 6) is 4.62. The molecule has 3 aromatic rings. The molecule has 49 heavy (non-hydrogen) atoms. The van der Waals surface area contributed by atoms with Crippen molar-refractivity contribution in [3.63, 3.8) is 0 Å². The first kappa shape index (κ1) is 37.0. The van der Waals surface area contributed by atoms with Gasteiger partial charge in [0.1, 0.15) is 12.1 Å².